The van der Waals surface area contributed by atoms with Crippen LogP contribution in [0.2, 0.25) is 0 Å². The number of rotatable bonds is 9. The second-order valence-electron chi connectivity index (χ2n) is 6.50. The molecule has 0 bridgehead atoms. The highest BCUT2D eigenvalue weighted by molar-refractivity contribution is 5.28. The van der Waals surface area contributed by atoms with Crippen LogP contribution in [0.5, 0.6) is 0 Å². The summed E-state index contributed by atoms with van der Waals surface area (Å²) in [5.41, 5.74) is 2.02. The van der Waals surface area contributed by atoms with Crippen molar-refractivity contribution in [3.05, 3.63) is 55.9 Å². The monoisotopic (exact) mass is 363 g/mol. The Balaban J connectivity index is 2.11. The largest absolute Gasteiger partial charge is 0.365 e. The first kappa shape index (κ1) is 20.0. The van der Waals surface area contributed by atoms with E-state index in [0.29, 0.717) is 12.4 Å². The Kier molecular flexibility index (Phi) is 7.20. The van der Waals surface area contributed by atoms with Crippen LogP contribution in [0.3, 0.4) is 0 Å². The summed E-state index contributed by atoms with van der Waals surface area (Å²) >= 11 is 0. The number of nitro groups is 1. The van der Waals surface area contributed by atoms with Crippen LogP contribution in [0.4, 0.5) is 0 Å². The fourth-order valence-corrected chi connectivity index (χ4v) is 3.42. The summed E-state index contributed by atoms with van der Waals surface area (Å²) in [5, 5.41) is 17.4. The fourth-order valence-electron chi connectivity index (χ4n) is 3.42. The number of aromatic nitrogens is 1. The highest BCUT2D eigenvalue weighted by atomic mass is 16.6. The molecule has 8 heteroatoms. The van der Waals surface area contributed by atoms with Gasteiger partial charge < -0.3 is 20.1 Å². The molecule has 1 aliphatic carbocycles. The number of nitrogens with one attached hydrogen (secondary N) is 2. The lowest BCUT2D eigenvalue weighted by Gasteiger charge is -2.29. The van der Waals surface area contributed by atoms with E-state index in [-0.39, 0.29) is 11.6 Å². The third-order valence-electron chi connectivity index (χ3n) is 4.96. The van der Waals surface area contributed by atoms with Crippen LogP contribution >= 0.6 is 0 Å². The molecule has 2 rings (SSSR count). The summed E-state index contributed by atoms with van der Waals surface area (Å²) in [7, 11) is 1.78. The molecule has 2 N–H and O–H groups in total. The van der Waals surface area contributed by atoms with Gasteiger partial charge in [-0.2, -0.15) is 0 Å². The normalized spacial score (nSPS) is 17.1. The minimum absolute atomic E-state index is 0.0252. The van der Waals surface area contributed by atoms with Gasteiger partial charge in [-0.3, -0.25) is 14.9 Å². The van der Waals surface area contributed by atoms with Crippen LogP contribution in [-0.4, -0.2) is 40.6 Å². The van der Waals surface area contributed by atoms with Gasteiger partial charge in [0, 0.05) is 31.9 Å². The predicted octanol–water partition coefficient (Wildman–Crippen LogP) is 1.36. The summed E-state index contributed by atoms with van der Waals surface area (Å²) < 4.78 is 1.67. The fraction of sp³-hybridized carbons (Fsp3) is 0.611. The number of hydrogen-bond acceptors (Lipinski definition) is 6. The molecular weight excluding hydrogens is 334 g/mol. The maximum atomic E-state index is 11.9. The molecule has 1 heterocycles. The molecule has 1 aromatic rings. The number of pyridine rings is 1. The van der Waals surface area contributed by atoms with E-state index < -0.39 is 4.92 Å². The van der Waals surface area contributed by atoms with Gasteiger partial charge in [-0.05, 0) is 44.0 Å². The van der Waals surface area contributed by atoms with Crippen LogP contribution in [0.15, 0.2) is 28.9 Å². The van der Waals surface area contributed by atoms with Gasteiger partial charge in [0.15, 0.2) is 5.82 Å². The first-order valence-electron chi connectivity index (χ1n) is 9.23. The zero-order valence-electron chi connectivity index (χ0n) is 15.8. The molecule has 0 aromatic carbocycles. The van der Waals surface area contributed by atoms with Crippen LogP contribution in [0.1, 0.15) is 44.0 Å². The summed E-state index contributed by atoms with van der Waals surface area (Å²) in [5.74, 6) is 0.411. The van der Waals surface area contributed by atoms with Gasteiger partial charge in [0.2, 0.25) is 5.56 Å². The second-order valence-corrected chi connectivity index (χ2v) is 6.50. The molecule has 0 fully saturated rings. The Morgan fingerprint density at radius 3 is 2.81 bits per heavy atom. The van der Waals surface area contributed by atoms with Crippen molar-refractivity contribution < 1.29 is 4.92 Å². The molecule has 1 aromatic heterocycles. The first-order valence-corrected chi connectivity index (χ1v) is 9.23. The molecule has 144 valence electrons. The third-order valence-corrected chi connectivity index (χ3v) is 4.96. The quantitative estimate of drug-likeness (QED) is 0.508. The van der Waals surface area contributed by atoms with Gasteiger partial charge in [0.1, 0.15) is 0 Å². The lowest BCUT2D eigenvalue weighted by Crippen LogP contribution is -2.38. The lowest BCUT2D eigenvalue weighted by molar-refractivity contribution is -0.404. The number of hydrogen-bond donors (Lipinski definition) is 2. The van der Waals surface area contributed by atoms with Crippen molar-refractivity contribution >= 4 is 0 Å². The molecule has 0 aliphatic heterocycles. The standard InChI is InChI=1S/C18H29N5O3/c1-4-22(5-2)12-11-19-17(13-23(25)26)20-15-7-6-8-16-14(15)9-10-18(24)21(16)3/h9-10,13,15,19-20H,4-8,11-12H2,1-3H3/b17-13+. The van der Waals surface area contributed by atoms with Crippen LogP contribution in [-0.2, 0) is 13.5 Å². The Bertz CT molecular complexity index is 709. The number of fused-ring (bicyclic) bond motifs is 1. The Labute approximate surface area is 154 Å². The lowest BCUT2D eigenvalue weighted by atomic mass is 9.91. The van der Waals surface area contributed by atoms with E-state index >= 15 is 0 Å². The van der Waals surface area contributed by atoms with Crippen molar-refractivity contribution in [2.45, 2.75) is 39.2 Å². The van der Waals surface area contributed by atoms with Crippen molar-refractivity contribution in [3.8, 4) is 0 Å². The molecule has 0 saturated carbocycles. The van der Waals surface area contributed by atoms with Crippen molar-refractivity contribution in [1.29, 1.82) is 0 Å². The first-order chi connectivity index (χ1) is 12.5. The Morgan fingerprint density at radius 1 is 1.42 bits per heavy atom. The van der Waals surface area contributed by atoms with Crippen LogP contribution < -0.4 is 16.2 Å². The molecule has 1 aliphatic rings. The number of nitrogens with zero attached hydrogens (tertiary/aromatic N) is 3. The molecule has 0 spiro atoms. The molecule has 0 saturated heterocycles. The van der Waals surface area contributed by atoms with Gasteiger partial charge >= 0.3 is 0 Å². The third kappa shape index (κ3) is 5.08. The molecule has 1 atom stereocenters. The Hall–Kier alpha value is -2.35. The summed E-state index contributed by atoms with van der Waals surface area (Å²) in [6.45, 7) is 7.53. The van der Waals surface area contributed by atoms with E-state index in [1.54, 1.807) is 17.7 Å². The topological polar surface area (TPSA) is 92.4 Å². The van der Waals surface area contributed by atoms with E-state index in [0.717, 1.165) is 56.4 Å². The maximum Gasteiger partial charge on any atom is 0.274 e. The molecule has 8 nitrogen and oxygen atoms in total. The molecule has 1 unspecified atom stereocenters. The maximum absolute atomic E-state index is 11.9. The summed E-state index contributed by atoms with van der Waals surface area (Å²) in [4.78, 5) is 24.7. The van der Waals surface area contributed by atoms with E-state index in [9.17, 15) is 14.9 Å². The average molecular weight is 363 g/mol. The van der Waals surface area contributed by atoms with Crippen LogP contribution in [0, 0.1) is 10.1 Å². The van der Waals surface area contributed by atoms with E-state index in [1.807, 2.05) is 6.07 Å². The highest BCUT2D eigenvalue weighted by Crippen LogP contribution is 2.28. The number of likely N-dealkylation sites (N-methyl/N-ethyl adjacent to an activating group) is 1. The molecule has 0 amide bonds. The smallest absolute Gasteiger partial charge is 0.274 e. The summed E-state index contributed by atoms with van der Waals surface area (Å²) in [6.07, 6.45) is 3.65. The van der Waals surface area contributed by atoms with E-state index in [2.05, 4.69) is 29.4 Å². The SMILES string of the molecule is CCN(CC)CCN/C(=C\[N+](=O)[O-])NC1CCCc2c1ccc(=O)n2C. The summed E-state index contributed by atoms with van der Waals surface area (Å²) in [6, 6.07) is 3.36. The highest BCUT2D eigenvalue weighted by Gasteiger charge is 2.23. The molecule has 0 radical (unpaired) electrons. The Morgan fingerprint density at radius 2 is 2.15 bits per heavy atom. The zero-order chi connectivity index (χ0) is 19.1. The van der Waals surface area contributed by atoms with Gasteiger partial charge in [-0.1, -0.05) is 13.8 Å². The van der Waals surface area contributed by atoms with E-state index in [4.69, 9.17) is 0 Å². The van der Waals surface area contributed by atoms with Gasteiger partial charge in [0.25, 0.3) is 6.20 Å². The van der Waals surface area contributed by atoms with Gasteiger partial charge in [-0.15, -0.1) is 0 Å². The molecule has 26 heavy (non-hydrogen) atoms. The average Bonchev–Trinajstić information content (AvgIpc) is 2.61. The predicted molar refractivity (Wildman–Crippen MR) is 101 cm³/mol. The van der Waals surface area contributed by atoms with Crippen molar-refractivity contribution in [2.75, 3.05) is 26.2 Å². The zero-order valence-corrected chi connectivity index (χ0v) is 15.8. The minimum atomic E-state index is -0.447. The molecular formula is C18H29N5O3. The van der Waals surface area contributed by atoms with E-state index in [1.165, 1.54) is 0 Å². The van der Waals surface area contributed by atoms with Crippen molar-refractivity contribution in [3.63, 3.8) is 0 Å². The van der Waals surface area contributed by atoms with Crippen molar-refractivity contribution in [1.82, 2.24) is 20.1 Å². The van der Waals surface area contributed by atoms with Gasteiger partial charge in [-0.25, -0.2) is 0 Å². The van der Waals surface area contributed by atoms with Crippen molar-refractivity contribution in [2.24, 2.45) is 7.05 Å². The van der Waals surface area contributed by atoms with Crippen LogP contribution in [0.25, 0.3) is 0 Å². The van der Waals surface area contributed by atoms with Gasteiger partial charge in [0.05, 0.1) is 11.0 Å². The second kappa shape index (κ2) is 9.38. The minimum Gasteiger partial charge on any atom is -0.365 e.